The Labute approximate surface area is 138 Å². The van der Waals surface area contributed by atoms with Gasteiger partial charge in [-0.1, -0.05) is 12.8 Å². The van der Waals surface area contributed by atoms with Crippen LogP contribution in [0, 0.1) is 23.7 Å². The van der Waals surface area contributed by atoms with Gasteiger partial charge >= 0.3 is 23.9 Å². The number of ether oxygens (including phenoxy) is 1. The summed E-state index contributed by atoms with van der Waals surface area (Å²) in [5.74, 6) is -6.67. The van der Waals surface area contributed by atoms with Crippen LogP contribution >= 0.6 is 0 Å². The molecule has 2 rings (SSSR count). The highest BCUT2D eigenvalue weighted by Gasteiger charge is 2.52. The summed E-state index contributed by atoms with van der Waals surface area (Å²) in [6.07, 6.45) is 1.70. The number of carbonyl (C=O) groups is 4. The molecule has 24 heavy (non-hydrogen) atoms. The molecule has 0 radical (unpaired) electrons. The fourth-order valence-corrected chi connectivity index (χ4v) is 4.15. The van der Waals surface area contributed by atoms with Crippen molar-refractivity contribution in [1.29, 1.82) is 0 Å². The van der Waals surface area contributed by atoms with E-state index in [0.717, 1.165) is 12.8 Å². The van der Waals surface area contributed by atoms with Crippen LogP contribution in [0.15, 0.2) is 0 Å². The topological polar surface area (TPSA) is 138 Å². The van der Waals surface area contributed by atoms with E-state index in [1.165, 1.54) is 0 Å². The predicted octanol–water partition coefficient (Wildman–Crippen LogP) is 1.37. The predicted molar refractivity (Wildman–Crippen MR) is 79.1 cm³/mol. The molecule has 8 heteroatoms. The summed E-state index contributed by atoms with van der Waals surface area (Å²) in [6, 6.07) is 0. The highest BCUT2D eigenvalue weighted by Crippen LogP contribution is 2.47. The highest BCUT2D eigenvalue weighted by molar-refractivity contribution is 5.81. The summed E-state index contributed by atoms with van der Waals surface area (Å²) in [7, 11) is 0. The first-order valence-electron chi connectivity index (χ1n) is 8.18. The zero-order valence-electron chi connectivity index (χ0n) is 13.2. The van der Waals surface area contributed by atoms with Gasteiger partial charge in [0.1, 0.15) is 6.10 Å². The normalized spacial score (nSPS) is 32.4. The van der Waals surface area contributed by atoms with Crippen LogP contribution in [0.2, 0.25) is 0 Å². The summed E-state index contributed by atoms with van der Waals surface area (Å²) in [6.45, 7) is 0. The van der Waals surface area contributed by atoms with Gasteiger partial charge in [-0.2, -0.15) is 0 Å². The molecule has 0 saturated heterocycles. The molecule has 0 aromatic carbocycles. The maximum atomic E-state index is 11.8. The molecule has 2 aliphatic rings. The number of esters is 1. The molecule has 0 heterocycles. The first kappa shape index (κ1) is 18.2. The molecule has 8 nitrogen and oxygen atoms in total. The number of aliphatic carboxylic acids is 3. The van der Waals surface area contributed by atoms with Gasteiger partial charge in [-0.15, -0.1) is 0 Å². The third-order valence-corrected chi connectivity index (χ3v) is 5.16. The number of carbonyl (C=O) groups excluding carboxylic acids is 1. The van der Waals surface area contributed by atoms with Crippen molar-refractivity contribution in [2.24, 2.45) is 23.7 Å². The van der Waals surface area contributed by atoms with Gasteiger partial charge in [-0.05, 0) is 31.1 Å². The summed E-state index contributed by atoms with van der Waals surface area (Å²) in [4.78, 5) is 45.5. The van der Waals surface area contributed by atoms with Crippen molar-refractivity contribution in [3.05, 3.63) is 0 Å². The molecule has 134 valence electrons. The molecular formula is C16H22O8. The second-order valence-corrected chi connectivity index (χ2v) is 6.58. The minimum atomic E-state index is -1.20. The highest BCUT2D eigenvalue weighted by atomic mass is 16.5. The molecular weight excluding hydrogens is 320 g/mol. The van der Waals surface area contributed by atoms with Gasteiger partial charge < -0.3 is 20.1 Å². The zero-order valence-corrected chi connectivity index (χ0v) is 13.2. The van der Waals surface area contributed by atoms with Gasteiger partial charge in [0.25, 0.3) is 0 Å². The lowest BCUT2D eigenvalue weighted by Crippen LogP contribution is -2.51. The van der Waals surface area contributed by atoms with E-state index in [1.807, 2.05) is 0 Å². The van der Waals surface area contributed by atoms with Gasteiger partial charge in [0.05, 0.1) is 24.7 Å². The molecule has 0 amide bonds. The molecule has 2 aliphatic carbocycles. The minimum absolute atomic E-state index is 0.0354. The maximum Gasteiger partial charge on any atom is 0.307 e. The van der Waals surface area contributed by atoms with E-state index in [9.17, 15) is 29.4 Å². The van der Waals surface area contributed by atoms with Crippen molar-refractivity contribution < 1.29 is 39.2 Å². The molecule has 2 saturated carbocycles. The van der Waals surface area contributed by atoms with E-state index in [-0.39, 0.29) is 31.1 Å². The van der Waals surface area contributed by atoms with Crippen molar-refractivity contribution in [2.45, 2.75) is 51.0 Å². The van der Waals surface area contributed by atoms with Gasteiger partial charge in [-0.3, -0.25) is 19.2 Å². The van der Waals surface area contributed by atoms with E-state index in [1.54, 1.807) is 0 Å². The van der Waals surface area contributed by atoms with Crippen molar-refractivity contribution in [3.63, 3.8) is 0 Å². The van der Waals surface area contributed by atoms with Crippen LogP contribution in [0.3, 0.4) is 0 Å². The average molecular weight is 342 g/mol. The van der Waals surface area contributed by atoms with Crippen molar-refractivity contribution in [2.75, 3.05) is 0 Å². The van der Waals surface area contributed by atoms with Crippen LogP contribution < -0.4 is 0 Å². The zero-order chi connectivity index (χ0) is 17.9. The second kappa shape index (κ2) is 7.63. The Morgan fingerprint density at radius 2 is 1.50 bits per heavy atom. The minimum Gasteiger partial charge on any atom is -0.481 e. The Morgan fingerprint density at radius 3 is 2.04 bits per heavy atom. The Morgan fingerprint density at radius 1 is 0.875 bits per heavy atom. The standard InChI is InChI=1S/C16H22O8/c17-12(18)5-6-13(19)24-11-7-10(15(20)21)14(16(22)23)9-4-2-1-3-8(9)11/h8-11,14H,1-7H2,(H,17,18)(H,20,21)(H,22,23). The Balaban J connectivity index is 2.15. The van der Waals surface area contributed by atoms with Crippen LogP contribution in [0.5, 0.6) is 0 Å². The second-order valence-electron chi connectivity index (χ2n) is 6.58. The number of fused-ring (bicyclic) bond motifs is 1. The van der Waals surface area contributed by atoms with E-state index in [0.29, 0.717) is 12.8 Å². The lowest BCUT2D eigenvalue weighted by atomic mass is 9.60. The molecule has 2 fully saturated rings. The lowest BCUT2D eigenvalue weighted by Gasteiger charge is -2.46. The summed E-state index contributed by atoms with van der Waals surface area (Å²) >= 11 is 0. The molecule has 5 unspecified atom stereocenters. The van der Waals surface area contributed by atoms with Crippen LogP contribution in [0.25, 0.3) is 0 Å². The first-order valence-corrected chi connectivity index (χ1v) is 8.18. The molecule has 0 aliphatic heterocycles. The molecule has 0 spiro atoms. The van der Waals surface area contributed by atoms with E-state index < -0.39 is 41.8 Å². The van der Waals surface area contributed by atoms with Crippen molar-refractivity contribution in [3.8, 4) is 0 Å². The fraction of sp³-hybridized carbons (Fsp3) is 0.750. The first-order chi connectivity index (χ1) is 11.3. The maximum absolute atomic E-state index is 11.8. The number of carboxylic acid groups (broad SMARTS) is 3. The number of hydrogen-bond donors (Lipinski definition) is 3. The number of carboxylic acids is 3. The Bertz CT molecular complexity index is 528. The summed E-state index contributed by atoms with van der Waals surface area (Å²) in [5, 5.41) is 27.5. The SMILES string of the molecule is O=C(O)CCC(=O)OC1CC(C(=O)O)C(C(=O)O)C2CCCCC12. The molecule has 0 aromatic rings. The fourth-order valence-electron chi connectivity index (χ4n) is 4.15. The monoisotopic (exact) mass is 342 g/mol. The average Bonchev–Trinajstić information content (AvgIpc) is 2.52. The quantitative estimate of drug-likeness (QED) is 0.615. The molecule has 0 aromatic heterocycles. The van der Waals surface area contributed by atoms with Gasteiger partial charge in [-0.25, -0.2) is 0 Å². The van der Waals surface area contributed by atoms with Crippen molar-refractivity contribution in [1.82, 2.24) is 0 Å². The molecule has 5 atom stereocenters. The van der Waals surface area contributed by atoms with Crippen LogP contribution in [-0.2, 0) is 23.9 Å². The number of hydrogen-bond acceptors (Lipinski definition) is 5. The van der Waals surface area contributed by atoms with Crippen LogP contribution in [-0.4, -0.2) is 45.3 Å². The third kappa shape index (κ3) is 4.04. The summed E-state index contributed by atoms with van der Waals surface area (Å²) < 4.78 is 5.36. The van der Waals surface area contributed by atoms with Crippen molar-refractivity contribution >= 4 is 23.9 Å². The lowest BCUT2D eigenvalue weighted by molar-refractivity contribution is -0.176. The molecule has 0 bridgehead atoms. The molecule has 3 N–H and O–H groups in total. The third-order valence-electron chi connectivity index (χ3n) is 5.16. The summed E-state index contributed by atoms with van der Waals surface area (Å²) in [5.41, 5.74) is 0. The number of rotatable bonds is 6. The van der Waals surface area contributed by atoms with E-state index in [2.05, 4.69) is 0 Å². The van der Waals surface area contributed by atoms with Crippen LogP contribution in [0.4, 0.5) is 0 Å². The Hall–Kier alpha value is -2.12. The van der Waals surface area contributed by atoms with Gasteiger partial charge in [0.15, 0.2) is 0 Å². The van der Waals surface area contributed by atoms with Gasteiger partial charge in [0.2, 0.25) is 0 Å². The van der Waals surface area contributed by atoms with Gasteiger partial charge in [0, 0.05) is 0 Å². The van der Waals surface area contributed by atoms with E-state index in [4.69, 9.17) is 9.84 Å². The van der Waals surface area contributed by atoms with E-state index >= 15 is 0 Å². The Kier molecular flexibility index (Phi) is 5.80. The van der Waals surface area contributed by atoms with Crippen LogP contribution in [0.1, 0.15) is 44.9 Å². The largest absolute Gasteiger partial charge is 0.481 e. The smallest absolute Gasteiger partial charge is 0.307 e.